The Bertz CT molecular complexity index is 420. The molecule has 0 aromatic carbocycles. The van der Waals surface area contributed by atoms with E-state index in [1.165, 1.54) is 6.20 Å². The van der Waals surface area contributed by atoms with Gasteiger partial charge in [-0.2, -0.15) is 0 Å². The number of hydrogen-bond acceptors (Lipinski definition) is 5. The van der Waals surface area contributed by atoms with Crippen LogP contribution in [0.2, 0.25) is 5.15 Å². The molecule has 19 heavy (non-hydrogen) atoms. The van der Waals surface area contributed by atoms with Crippen LogP contribution in [0, 0.1) is 0 Å². The number of nitrogens with zero attached hydrogens (tertiary/aromatic N) is 2. The molecule has 1 rings (SSSR count). The summed E-state index contributed by atoms with van der Waals surface area (Å²) in [7, 11) is 0. The monoisotopic (exact) mass is 286 g/mol. The Hall–Kier alpha value is -1.56. The van der Waals surface area contributed by atoms with E-state index >= 15 is 0 Å². The fourth-order valence-corrected chi connectivity index (χ4v) is 1.38. The van der Waals surface area contributed by atoms with Crippen LogP contribution in [-0.4, -0.2) is 34.8 Å². The number of aromatic nitrogens is 2. The number of hydrogen-bond donors (Lipinski definition) is 2. The molecule has 0 unspecified atom stereocenters. The molecular weight excluding hydrogens is 268 g/mol. The van der Waals surface area contributed by atoms with Crippen molar-refractivity contribution in [2.75, 3.05) is 18.4 Å². The highest BCUT2D eigenvalue weighted by Gasteiger charge is 2.15. The third-order valence-corrected chi connectivity index (χ3v) is 2.12. The predicted octanol–water partition coefficient (Wildman–Crippen LogP) is 2.46. The van der Waals surface area contributed by atoms with Crippen LogP contribution in [0.4, 0.5) is 10.6 Å². The van der Waals surface area contributed by atoms with Crippen LogP contribution in [0.15, 0.2) is 12.4 Å². The maximum atomic E-state index is 11.3. The van der Waals surface area contributed by atoms with Crippen LogP contribution >= 0.6 is 11.6 Å². The van der Waals surface area contributed by atoms with Gasteiger partial charge in [0.25, 0.3) is 0 Å². The SMILES string of the molecule is CC(C)(C)OC(=O)NCCCNc1cncc(Cl)n1. The van der Waals surface area contributed by atoms with Crippen molar-refractivity contribution < 1.29 is 9.53 Å². The van der Waals surface area contributed by atoms with Crippen LogP contribution in [0.25, 0.3) is 0 Å². The van der Waals surface area contributed by atoms with Crippen molar-refractivity contribution in [2.45, 2.75) is 32.8 Å². The molecule has 106 valence electrons. The summed E-state index contributed by atoms with van der Waals surface area (Å²) in [5.41, 5.74) is -0.474. The number of carbonyl (C=O) groups excluding carboxylic acids is 1. The maximum Gasteiger partial charge on any atom is 0.407 e. The summed E-state index contributed by atoms with van der Waals surface area (Å²) in [6, 6.07) is 0. The van der Waals surface area contributed by atoms with Crippen LogP contribution in [0.1, 0.15) is 27.2 Å². The molecule has 1 heterocycles. The van der Waals surface area contributed by atoms with Gasteiger partial charge in [0, 0.05) is 13.1 Å². The summed E-state index contributed by atoms with van der Waals surface area (Å²) in [4.78, 5) is 19.3. The molecule has 2 N–H and O–H groups in total. The van der Waals surface area contributed by atoms with Crippen molar-refractivity contribution in [2.24, 2.45) is 0 Å². The van der Waals surface area contributed by atoms with Gasteiger partial charge in [0.1, 0.15) is 16.6 Å². The lowest BCUT2D eigenvalue weighted by Crippen LogP contribution is -2.33. The Morgan fingerprint density at radius 2 is 2.11 bits per heavy atom. The Kier molecular flexibility index (Phi) is 5.82. The molecule has 0 atom stereocenters. The Balaban J connectivity index is 2.13. The summed E-state index contributed by atoms with van der Waals surface area (Å²) in [6.07, 6.45) is 3.40. The molecule has 0 aliphatic carbocycles. The zero-order valence-electron chi connectivity index (χ0n) is 11.4. The first kappa shape index (κ1) is 15.5. The number of nitrogens with one attached hydrogen (secondary N) is 2. The van der Waals surface area contributed by atoms with Crippen LogP contribution in [-0.2, 0) is 4.74 Å². The van der Waals surface area contributed by atoms with Gasteiger partial charge in [-0.3, -0.25) is 4.98 Å². The minimum atomic E-state index is -0.474. The molecule has 0 aliphatic heterocycles. The standard InChI is InChI=1S/C12H19ClN4O2/c1-12(2,3)19-11(18)16-6-4-5-15-10-8-14-7-9(13)17-10/h7-8H,4-6H2,1-3H3,(H,15,17)(H,16,18). The molecule has 0 fully saturated rings. The molecule has 0 bridgehead atoms. The normalized spacial score (nSPS) is 10.9. The zero-order chi connectivity index (χ0) is 14.3. The number of rotatable bonds is 5. The van der Waals surface area contributed by atoms with Gasteiger partial charge in [0.15, 0.2) is 0 Å². The predicted molar refractivity (Wildman–Crippen MR) is 74.4 cm³/mol. The van der Waals surface area contributed by atoms with Gasteiger partial charge in [-0.25, -0.2) is 9.78 Å². The molecular formula is C12H19ClN4O2. The molecule has 0 spiro atoms. The van der Waals surface area contributed by atoms with Gasteiger partial charge in [-0.15, -0.1) is 0 Å². The van der Waals surface area contributed by atoms with Crippen molar-refractivity contribution in [3.63, 3.8) is 0 Å². The number of ether oxygens (including phenoxy) is 1. The van der Waals surface area contributed by atoms with Gasteiger partial charge in [-0.1, -0.05) is 11.6 Å². The maximum absolute atomic E-state index is 11.3. The highest BCUT2D eigenvalue weighted by molar-refractivity contribution is 6.29. The first-order chi connectivity index (χ1) is 8.87. The van der Waals surface area contributed by atoms with Gasteiger partial charge in [0.05, 0.1) is 12.4 Å². The van der Waals surface area contributed by atoms with Crippen molar-refractivity contribution in [3.05, 3.63) is 17.5 Å². The van der Waals surface area contributed by atoms with Gasteiger partial charge in [0.2, 0.25) is 0 Å². The number of amides is 1. The number of anilines is 1. The number of halogens is 1. The third-order valence-electron chi connectivity index (χ3n) is 1.93. The fourth-order valence-electron chi connectivity index (χ4n) is 1.24. The van der Waals surface area contributed by atoms with E-state index in [0.29, 0.717) is 24.1 Å². The van der Waals surface area contributed by atoms with Gasteiger partial charge < -0.3 is 15.4 Å². The van der Waals surface area contributed by atoms with E-state index in [9.17, 15) is 4.79 Å². The van der Waals surface area contributed by atoms with E-state index in [1.54, 1.807) is 6.20 Å². The van der Waals surface area contributed by atoms with Crippen LogP contribution in [0.3, 0.4) is 0 Å². The fraction of sp³-hybridized carbons (Fsp3) is 0.583. The second kappa shape index (κ2) is 7.13. The summed E-state index contributed by atoms with van der Waals surface area (Å²) < 4.78 is 5.11. The molecule has 0 saturated carbocycles. The summed E-state index contributed by atoms with van der Waals surface area (Å²) in [5.74, 6) is 0.616. The molecule has 1 aromatic rings. The topological polar surface area (TPSA) is 76.1 Å². The summed E-state index contributed by atoms with van der Waals surface area (Å²) >= 11 is 5.70. The number of alkyl carbamates (subject to hydrolysis) is 1. The van der Waals surface area contributed by atoms with E-state index in [4.69, 9.17) is 16.3 Å². The van der Waals surface area contributed by atoms with E-state index in [2.05, 4.69) is 20.6 Å². The summed E-state index contributed by atoms with van der Waals surface area (Å²) in [6.45, 7) is 6.66. The van der Waals surface area contributed by atoms with E-state index < -0.39 is 11.7 Å². The Morgan fingerprint density at radius 3 is 2.74 bits per heavy atom. The average molecular weight is 287 g/mol. The average Bonchev–Trinajstić information content (AvgIpc) is 2.26. The highest BCUT2D eigenvalue weighted by atomic mass is 35.5. The first-order valence-corrected chi connectivity index (χ1v) is 6.43. The second-order valence-electron chi connectivity index (χ2n) is 4.94. The molecule has 6 nitrogen and oxygen atoms in total. The largest absolute Gasteiger partial charge is 0.444 e. The smallest absolute Gasteiger partial charge is 0.407 e. The lowest BCUT2D eigenvalue weighted by molar-refractivity contribution is 0.0528. The minimum Gasteiger partial charge on any atom is -0.444 e. The Morgan fingerprint density at radius 1 is 1.37 bits per heavy atom. The van der Waals surface area contributed by atoms with Crippen LogP contribution in [0.5, 0.6) is 0 Å². The van der Waals surface area contributed by atoms with Crippen molar-refractivity contribution in [1.82, 2.24) is 15.3 Å². The molecule has 0 aliphatic rings. The van der Waals surface area contributed by atoms with Crippen LogP contribution < -0.4 is 10.6 Å². The molecule has 1 amide bonds. The molecule has 0 saturated heterocycles. The van der Waals surface area contributed by atoms with E-state index in [0.717, 1.165) is 6.42 Å². The van der Waals surface area contributed by atoms with Crippen molar-refractivity contribution >= 4 is 23.5 Å². The van der Waals surface area contributed by atoms with E-state index in [-0.39, 0.29) is 0 Å². The van der Waals surface area contributed by atoms with Gasteiger partial charge in [-0.05, 0) is 27.2 Å². The lowest BCUT2D eigenvalue weighted by Gasteiger charge is -2.19. The zero-order valence-corrected chi connectivity index (χ0v) is 12.1. The first-order valence-electron chi connectivity index (χ1n) is 6.05. The van der Waals surface area contributed by atoms with Gasteiger partial charge >= 0.3 is 6.09 Å². The highest BCUT2D eigenvalue weighted by Crippen LogP contribution is 2.07. The van der Waals surface area contributed by atoms with E-state index in [1.807, 2.05) is 20.8 Å². The molecule has 7 heteroatoms. The molecule has 0 radical (unpaired) electrons. The second-order valence-corrected chi connectivity index (χ2v) is 5.32. The molecule has 1 aromatic heterocycles. The Labute approximate surface area is 117 Å². The summed E-state index contributed by atoms with van der Waals surface area (Å²) in [5, 5.41) is 6.08. The van der Waals surface area contributed by atoms with Crippen molar-refractivity contribution in [1.29, 1.82) is 0 Å². The lowest BCUT2D eigenvalue weighted by atomic mass is 10.2. The number of carbonyl (C=O) groups is 1. The quantitative estimate of drug-likeness (QED) is 0.813. The minimum absolute atomic E-state index is 0.344. The third kappa shape index (κ3) is 7.46. The van der Waals surface area contributed by atoms with Crippen molar-refractivity contribution in [3.8, 4) is 0 Å².